The first-order valence-corrected chi connectivity index (χ1v) is 6.92. The van der Waals surface area contributed by atoms with Gasteiger partial charge in [0.05, 0.1) is 7.11 Å². The van der Waals surface area contributed by atoms with Gasteiger partial charge < -0.3 is 15.2 Å². The van der Waals surface area contributed by atoms with E-state index in [1.807, 2.05) is 0 Å². The highest BCUT2D eigenvalue weighted by molar-refractivity contribution is 5.96. The summed E-state index contributed by atoms with van der Waals surface area (Å²) in [5.74, 6) is -1.51. The molecule has 0 bridgehead atoms. The largest absolute Gasteiger partial charge is 0.497 e. The summed E-state index contributed by atoms with van der Waals surface area (Å²) in [7, 11) is 1.54. The number of methoxy groups -OCH3 is 1. The van der Waals surface area contributed by atoms with Crippen LogP contribution in [0.4, 0.5) is 4.39 Å². The van der Waals surface area contributed by atoms with Crippen molar-refractivity contribution in [2.45, 2.75) is 12.5 Å². The van der Waals surface area contributed by atoms with Crippen LogP contribution in [0.2, 0.25) is 0 Å². The van der Waals surface area contributed by atoms with Crippen LogP contribution >= 0.6 is 0 Å². The number of rotatable bonds is 6. The zero-order valence-electron chi connectivity index (χ0n) is 12.5. The average molecular weight is 317 g/mol. The van der Waals surface area contributed by atoms with Crippen LogP contribution in [0.15, 0.2) is 48.5 Å². The fourth-order valence-electron chi connectivity index (χ4n) is 2.04. The summed E-state index contributed by atoms with van der Waals surface area (Å²) in [6, 6.07) is 10.7. The Labute approximate surface area is 132 Å². The number of carboxylic acids is 1. The Bertz CT molecular complexity index is 683. The first kappa shape index (κ1) is 16.5. The van der Waals surface area contributed by atoms with E-state index < -0.39 is 23.7 Å². The van der Waals surface area contributed by atoms with E-state index in [1.54, 1.807) is 24.3 Å². The molecule has 0 fully saturated rings. The number of ether oxygens (including phenoxy) is 1. The van der Waals surface area contributed by atoms with Gasteiger partial charge in [0.15, 0.2) is 0 Å². The fraction of sp³-hybridized carbons (Fsp3) is 0.176. The van der Waals surface area contributed by atoms with Crippen molar-refractivity contribution in [1.82, 2.24) is 5.32 Å². The van der Waals surface area contributed by atoms with Crippen molar-refractivity contribution in [3.8, 4) is 5.75 Å². The highest BCUT2D eigenvalue weighted by atomic mass is 19.1. The molecule has 6 heteroatoms. The first-order chi connectivity index (χ1) is 11.0. The summed E-state index contributed by atoms with van der Waals surface area (Å²) in [5, 5.41) is 11.7. The normalized spacial score (nSPS) is 11.6. The molecule has 23 heavy (non-hydrogen) atoms. The molecule has 2 rings (SSSR count). The number of carboxylic acid groups (broad SMARTS) is 1. The van der Waals surface area contributed by atoms with Crippen molar-refractivity contribution in [2.24, 2.45) is 0 Å². The summed E-state index contributed by atoms with van der Waals surface area (Å²) in [5.41, 5.74) is 0.949. The molecule has 0 aromatic heterocycles. The molecule has 0 saturated carbocycles. The molecule has 0 radical (unpaired) electrons. The van der Waals surface area contributed by atoms with Gasteiger partial charge in [0.25, 0.3) is 5.91 Å². The van der Waals surface area contributed by atoms with Crippen LogP contribution in [0, 0.1) is 5.82 Å². The van der Waals surface area contributed by atoms with E-state index in [9.17, 15) is 19.1 Å². The molecule has 2 aromatic carbocycles. The van der Waals surface area contributed by atoms with Gasteiger partial charge in [-0.3, -0.25) is 4.79 Å². The zero-order valence-corrected chi connectivity index (χ0v) is 12.5. The summed E-state index contributed by atoms with van der Waals surface area (Å²) in [6.07, 6.45) is 0.131. The highest BCUT2D eigenvalue weighted by Gasteiger charge is 2.21. The third-order valence-electron chi connectivity index (χ3n) is 3.31. The number of amides is 1. The summed E-state index contributed by atoms with van der Waals surface area (Å²) < 4.78 is 17.9. The van der Waals surface area contributed by atoms with Crippen molar-refractivity contribution in [3.63, 3.8) is 0 Å². The van der Waals surface area contributed by atoms with Gasteiger partial charge in [-0.25, -0.2) is 9.18 Å². The zero-order chi connectivity index (χ0) is 16.8. The van der Waals surface area contributed by atoms with E-state index in [4.69, 9.17) is 4.74 Å². The lowest BCUT2D eigenvalue weighted by atomic mass is 10.1. The highest BCUT2D eigenvalue weighted by Crippen LogP contribution is 2.13. The molecular formula is C17H16FNO4. The van der Waals surface area contributed by atoms with Crippen molar-refractivity contribution >= 4 is 11.9 Å². The molecule has 1 atom stereocenters. The Kier molecular flexibility index (Phi) is 5.30. The minimum Gasteiger partial charge on any atom is -0.497 e. The van der Waals surface area contributed by atoms with E-state index in [0.29, 0.717) is 5.75 Å². The van der Waals surface area contributed by atoms with Gasteiger partial charge in [0, 0.05) is 12.0 Å². The van der Waals surface area contributed by atoms with Gasteiger partial charge >= 0.3 is 5.97 Å². The van der Waals surface area contributed by atoms with Crippen LogP contribution < -0.4 is 10.1 Å². The number of aliphatic carboxylic acids is 1. The molecule has 5 nitrogen and oxygen atoms in total. The monoisotopic (exact) mass is 317 g/mol. The van der Waals surface area contributed by atoms with Gasteiger partial charge in [-0.15, -0.1) is 0 Å². The molecule has 2 aromatic rings. The first-order valence-electron chi connectivity index (χ1n) is 6.92. The lowest BCUT2D eigenvalue weighted by Gasteiger charge is -2.15. The number of benzene rings is 2. The third-order valence-corrected chi connectivity index (χ3v) is 3.31. The quantitative estimate of drug-likeness (QED) is 0.857. The molecule has 0 aliphatic carbocycles. The van der Waals surface area contributed by atoms with E-state index in [2.05, 4.69) is 5.32 Å². The predicted molar refractivity (Wildman–Crippen MR) is 82.0 cm³/mol. The van der Waals surface area contributed by atoms with Crippen LogP contribution in [-0.2, 0) is 11.2 Å². The molecule has 2 N–H and O–H groups in total. The van der Waals surface area contributed by atoms with E-state index >= 15 is 0 Å². The molecule has 120 valence electrons. The second-order valence-corrected chi connectivity index (χ2v) is 4.92. The van der Waals surface area contributed by atoms with E-state index in [-0.39, 0.29) is 12.0 Å². The second kappa shape index (κ2) is 7.40. The molecule has 0 heterocycles. The molecule has 0 aliphatic rings. The molecule has 1 amide bonds. The lowest BCUT2D eigenvalue weighted by molar-refractivity contribution is -0.139. The SMILES string of the molecule is COc1ccc(C[C@@H](NC(=O)c2ccc(F)cc2)C(=O)O)cc1. The number of carbonyl (C=O) groups is 2. The maximum atomic E-state index is 12.9. The number of carbonyl (C=O) groups excluding carboxylic acids is 1. The minimum absolute atomic E-state index is 0.131. The Hall–Kier alpha value is -2.89. The smallest absolute Gasteiger partial charge is 0.326 e. The Morgan fingerprint density at radius 3 is 2.26 bits per heavy atom. The van der Waals surface area contributed by atoms with Crippen LogP contribution in [-0.4, -0.2) is 30.1 Å². The molecule has 0 spiro atoms. The number of halogens is 1. The topological polar surface area (TPSA) is 75.6 Å². The van der Waals surface area contributed by atoms with Crippen molar-refractivity contribution < 1.29 is 23.8 Å². The van der Waals surface area contributed by atoms with Crippen molar-refractivity contribution in [2.75, 3.05) is 7.11 Å². The summed E-state index contributed by atoms with van der Waals surface area (Å²) >= 11 is 0. The Morgan fingerprint density at radius 1 is 1.13 bits per heavy atom. The van der Waals surface area contributed by atoms with E-state index in [1.165, 1.54) is 19.2 Å². The van der Waals surface area contributed by atoms with Crippen LogP contribution in [0.3, 0.4) is 0 Å². The van der Waals surface area contributed by atoms with Crippen LogP contribution in [0.25, 0.3) is 0 Å². The number of hydrogen-bond acceptors (Lipinski definition) is 3. The van der Waals surface area contributed by atoms with Crippen molar-refractivity contribution in [1.29, 1.82) is 0 Å². The number of hydrogen-bond donors (Lipinski definition) is 2. The van der Waals surface area contributed by atoms with Gasteiger partial charge in [-0.05, 0) is 42.0 Å². The van der Waals surface area contributed by atoms with Gasteiger partial charge in [0.2, 0.25) is 0 Å². The standard InChI is InChI=1S/C17H16FNO4/c1-23-14-8-2-11(3-9-14)10-15(17(21)22)19-16(20)12-4-6-13(18)7-5-12/h2-9,15H,10H2,1H3,(H,19,20)(H,21,22)/t15-/m1/s1. The predicted octanol–water partition coefficient (Wildman–Crippen LogP) is 2.26. The molecule has 0 unspecified atom stereocenters. The fourth-order valence-corrected chi connectivity index (χ4v) is 2.04. The van der Waals surface area contributed by atoms with Gasteiger partial charge in [-0.2, -0.15) is 0 Å². The van der Waals surface area contributed by atoms with Crippen molar-refractivity contribution in [3.05, 3.63) is 65.5 Å². The van der Waals surface area contributed by atoms with Crippen LogP contribution in [0.1, 0.15) is 15.9 Å². The van der Waals surface area contributed by atoms with Gasteiger partial charge in [0.1, 0.15) is 17.6 Å². The molecule has 0 aliphatic heterocycles. The average Bonchev–Trinajstić information content (AvgIpc) is 2.55. The Morgan fingerprint density at radius 2 is 1.74 bits per heavy atom. The molecular weight excluding hydrogens is 301 g/mol. The second-order valence-electron chi connectivity index (χ2n) is 4.92. The van der Waals surface area contributed by atoms with E-state index in [0.717, 1.165) is 17.7 Å². The minimum atomic E-state index is -1.14. The maximum Gasteiger partial charge on any atom is 0.326 e. The maximum absolute atomic E-state index is 12.9. The third kappa shape index (κ3) is 4.54. The summed E-state index contributed by atoms with van der Waals surface area (Å²) in [4.78, 5) is 23.4. The summed E-state index contributed by atoms with van der Waals surface area (Å²) in [6.45, 7) is 0. The van der Waals surface area contributed by atoms with Crippen LogP contribution in [0.5, 0.6) is 5.75 Å². The lowest BCUT2D eigenvalue weighted by Crippen LogP contribution is -2.42. The number of nitrogens with one attached hydrogen (secondary N) is 1. The Balaban J connectivity index is 2.07. The van der Waals surface area contributed by atoms with Gasteiger partial charge in [-0.1, -0.05) is 12.1 Å². The molecule has 0 saturated heterocycles.